The Morgan fingerprint density at radius 3 is 1.03 bits per heavy atom. The topological polar surface area (TPSA) is 506 Å². The molecule has 30 atom stereocenters. The van der Waals surface area contributed by atoms with Gasteiger partial charge in [-0.15, -0.1) is 0 Å². The number of aliphatic hydroxyl groups is 20. The number of rotatable bonds is 16. The first-order valence-corrected chi connectivity index (χ1v) is 21.1. The summed E-state index contributed by atoms with van der Waals surface area (Å²) in [5.41, 5.74) is 0. The van der Waals surface area contributed by atoms with Gasteiger partial charge in [0.15, 0.2) is 37.7 Å². The summed E-state index contributed by atoms with van der Waals surface area (Å²) in [5.74, 6) is 0. The molecule has 6 fully saturated rings. The van der Waals surface area contributed by atoms with Crippen LogP contribution in [0.1, 0.15) is 0 Å². The molecule has 0 aromatic rings. The lowest BCUT2D eigenvalue weighted by Crippen LogP contribution is -2.68. The van der Waals surface area contributed by atoms with Crippen LogP contribution in [-0.4, -0.2) is 326 Å². The molecule has 31 nitrogen and oxygen atoms in total. The number of ether oxygens (including phenoxy) is 11. The van der Waals surface area contributed by atoms with Crippen molar-refractivity contribution in [2.45, 2.75) is 184 Å². The fourth-order valence-corrected chi connectivity index (χ4v) is 8.35. The van der Waals surface area contributed by atoms with Gasteiger partial charge in [0.1, 0.15) is 146 Å². The summed E-state index contributed by atoms with van der Waals surface area (Å²) in [4.78, 5) is 0. The summed E-state index contributed by atoms with van der Waals surface area (Å²) < 4.78 is 61.6. The van der Waals surface area contributed by atoms with Gasteiger partial charge in [-0.05, 0) is 0 Å². The summed E-state index contributed by atoms with van der Waals surface area (Å²) in [5, 5.41) is 211. The van der Waals surface area contributed by atoms with E-state index in [0.717, 1.165) is 0 Å². The van der Waals surface area contributed by atoms with Crippen molar-refractivity contribution in [3.63, 3.8) is 0 Å². The zero-order chi connectivity index (χ0) is 49.3. The quantitative estimate of drug-likeness (QED) is 0.0683. The third-order valence-electron chi connectivity index (χ3n) is 12.4. The van der Waals surface area contributed by atoms with Gasteiger partial charge < -0.3 is 154 Å². The largest absolute Gasteiger partial charge is 0.394 e. The monoisotopic (exact) mass is 990 g/mol. The third-order valence-corrected chi connectivity index (χ3v) is 12.4. The molecule has 6 saturated heterocycles. The van der Waals surface area contributed by atoms with Gasteiger partial charge in [-0.2, -0.15) is 0 Å². The van der Waals surface area contributed by atoms with Gasteiger partial charge in [0.05, 0.1) is 39.6 Å². The summed E-state index contributed by atoms with van der Waals surface area (Å²) in [7, 11) is 0. The Labute approximate surface area is 378 Å². The molecule has 0 aromatic heterocycles. The van der Waals surface area contributed by atoms with E-state index in [1.807, 2.05) is 0 Å². The molecule has 67 heavy (non-hydrogen) atoms. The van der Waals surface area contributed by atoms with Gasteiger partial charge in [-0.25, -0.2) is 0 Å². The second kappa shape index (κ2) is 23.5. The van der Waals surface area contributed by atoms with Crippen molar-refractivity contribution >= 4 is 0 Å². The van der Waals surface area contributed by atoms with Crippen LogP contribution in [0.5, 0.6) is 0 Å². The molecule has 0 radical (unpaired) electrons. The molecule has 6 heterocycles. The minimum absolute atomic E-state index is 0.864. The fraction of sp³-hybridized carbons (Fsp3) is 1.00. The lowest BCUT2D eigenvalue weighted by molar-refractivity contribution is -0.410. The molecule has 0 aliphatic carbocycles. The maximum atomic E-state index is 11.7. The Kier molecular flexibility index (Phi) is 19.4. The maximum absolute atomic E-state index is 11.7. The van der Waals surface area contributed by atoms with Crippen LogP contribution in [-0.2, 0) is 52.1 Å². The highest BCUT2D eigenvalue weighted by Crippen LogP contribution is 2.37. The van der Waals surface area contributed by atoms with Crippen LogP contribution < -0.4 is 0 Å². The van der Waals surface area contributed by atoms with Crippen molar-refractivity contribution in [2.24, 2.45) is 0 Å². The van der Waals surface area contributed by atoms with E-state index < -0.39 is 224 Å². The van der Waals surface area contributed by atoms with Gasteiger partial charge in [0.2, 0.25) is 0 Å². The van der Waals surface area contributed by atoms with E-state index in [1.54, 1.807) is 0 Å². The zero-order valence-corrected chi connectivity index (χ0v) is 35.0. The Hall–Kier alpha value is -1.24. The van der Waals surface area contributed by atoms with E-state index in [0.29, 0.717) is 0 Å². The van der Waals surface area contributed by atoms with Crippen molar-refractivity contribution in [2.75, 3.05) is 39.6 Å². The standard InChI is InChI=1S/C36H62O31/c37-1-7-15(44)21(50)28(31(56)58-7)65-35-30(23(52)17(46)10(4-40)61-35)67-36-29(22(51)16(45)11(5-41)62-36)66-34-26(55)27(64-33-25(54)20(49)14(43)9(3-39)60-33)18(47)12(63-34)6-57-32-24(53)19(48)13(42)8(2-38)59-32/h7-56H,1-6H2/t7-,8-,9-,10-,11-,12-,13-,14-,15-,16-,17-,18-,19+,20+,21+,22+,23+,24+,25+,26+,27+,28+,29+,30+,31?,32+,33-,34-,35-,36-/m1/s1. The first-order chi connectivity index (χ1) is 31.7. The van der Waals surface area contributed by atoms with E-state index >= 15 is 0 Å². The summed E-state index contributed by atoms with van der Waals surface area (Å²) in [6.07, 6.45) is -59.3. The first kappa shape index (κ1) is 55.1. The lowest BCUT2D eigenvalue weighted by Gasteiger charge is -2.50. The minimum Gasteiger partial charge on any atom is -0.394 e. The van der Waals surface area contributed by atoms with Crippen molar-refractivity contribution in [1.29, 1.82) is 0 Å². The number of aliphatic hydroxyl groups excluding tert-OH is 20. The van der Waals surface area contributed by atoms with Crippen LogP contribution in [0.2, 0.25) is 0 Å². The Morgan fingerprint density at radius 2 is 0.567 bits per heavy atom. The Balaban J connectivity index is 1.30. The Bertz CT molecular complexity index is 1510. The molecule has 0 spiro atoms. The normalized spacial score (nSPS) is 53.4. The summed E-state index contributed by atoms with van der Waals surface area (Å²) >= 11 is 0. The van der Waals surface area contributed by atoms with E-state index in [9.17, 15) is 102 Å². The van der Waals surface area contributed by atoms with Crippen LogP contribution in [0, 0.1) is 0 Å². The number of hydrogen-bond acceptors (Lipinski definition) is 31. The molecule has 0 bridgehead atoms. The average molecular weight is 991 g/mol. The third kappa shape index (κ3) is 11.4. The first-order valence-electron chi connectivity index (χ1n) is 21.1. The molecule has 1 unspecified atom stereocenters. The van der Waals surface area contributed by atoms with Crippen LogP contribution in [0.4, 0.5) is 0 Å². The predicted molar refractivity (Wildman–Crippen MR) is 199 cm³/mol. The second-order valence-corrected chi connectivity index (χ2v) is 16.8. The Morgan fingerprint density at radius 1 is 0.254 bits per heavy atom. The van der Waals surface area contributed by atoms with Crippen molar-refractivity contribution < 1.29 is 154 Å². The van der Waals surface area contributed by atoms with Gasteiger partial charge >= 0.3 is 0 Å². The smallest absolute Gasteiger partial charge is 0.187 e. The van der Waals surface area contributed by atoms with Gasteiger partial charge in [0, 0.05) is 0 Å². The van der Waals surface area contributed by atoms with Crippen LogP contribution in [0.3, 0.4) is 0 Å². The van der Waals surface area contributed by atoms with Crippen LogP contribution in [0.25, 0.3) is 0 Å². The van der Waals surface area contributed by atoms with E-state index in [4.69, 9.17) is 52.1 Å². The lowest BCUT2D eigenvalue weighted by atomic mass is 9.95. The van der Waals surface area contributed by atoms with Crippen LogP contribution >= 0.6 is 0 Å². The van der Waals surface area contributed by atoms with E-state index in [2.05, 4.69) is 0 Å². The van der Waals surface area contributed by atoms with Crippen molar-refractivity contribution in [3.8, 4) is 0 Å². The second-order valence-electron chi connectivity index (χ2n) is 16.8. The zero-order valence-electron chi connectivity index (χ0n) is 35.0. The summed E-state index contributed by atoms with van der Waals surface area (Å²) in [6, 6.07) is 0. The average Bonchev–Trinajstić information content (AvgIpc) is 3.31. The molecular weight excluding hydrogens is 928 g/mol. The van der Waals surface area contributed by atoms with Gasteiger partial charge in [-0.3, -0.25) is 0 Å². The molecule has 6 aliphatic rings. The molecule has 0 amide bonds. The minimum atomic E-state index is -2.32. The predicted octanol–water partition coefficient (Wildman–Crippen LogP) is -14.1. The molecule has 6 aliphatic heterocycles. The molecule has 20 N–H and O–H groups in total. The highest BCUT2D eigenvalue weighted by atomic mass is 16.8. The number of hydrogen-bond donors (Lipinski definition) is 20. The molecular formula is C36H62O31. The van der Waals surface area contributed by atoms with E-state index in [1.165, 1.54) is 0 Å². The maximum Gasteiger partial charge on any atom is 0.187 e. The molecule has 392 valence electrons. The van der Waals surface area contributed by atoms with Gasteiger partial charge in [-0.1, -0.05) is 0 Å². The highest BCUT2D eigenvalue weighted by Gasteiger charge is 2.57. The SMILES string of the molecule is OC[C@H]1O[C@H](OC[C@H]2O[C@H](O[C@@H]3[C@@H](O[C@@H]4[C@@H](O[C@@H]5C(O)O[C@H](CO)[C@@H](O)[C@@H]5O)O[C@H](CO)[C@@H](O)[C@@H]4O)O[C@H](CO)[C@@H](O)[C@@H]3O)[C@@H](O)[C@@H](O[C@H]3O[C@H](CO)[C@@H](O)[C@H](O)[C@@H]3O)[C@@H]2O)[C@@H](O)[C@@H](O)[C@@H]1O. The van der Waals surface area contributed by atoms with Crippen molar-refractivity contribution in [3.05, 3.63) is 0 Å². The van der Waals surface area contributed by atoms with Crippen LogP contribution in [0.15, 0.2) is 0 Å². The molecule has 31 heteroatoms. The fourth-order valence-electron chi connectivity index (χ4n) is 8.35. The van der Waals surface area contributed by atoms with E-state index in [-0.39, 0.29) is 0 Å². The molecule has 0 saturated carbocycles. The molecule has 0 aromatic carbocycles. The summed E-state index contributed by atoms with van der Waals surface area (Å²) in [6.45, 7) is -5.60. The van der Waals surface area contributed by atoms with Gasteiger partial charge in [0.25, 0.3) is 0 Å². The highest BCUT2D eigenvalue weighted by molar-refractivity contribution is 4.99. The molecule has 6 rings (SSSR count). The van der Waals surface area contributed by atoms with Crippen molar-refractivity contribution in [1.82, 2.24) is 0 Å².